The van der Waals surface area contributed by atoms with E-state index < -0.39 is 0 Å². The van der Waals surface area contributed by atoms with Crippen molar-refractivity contribution in [3.8, 4) is 0 Å². The van der Waals surface area contributed by atoms with Crippen molar-refractivity contribution in [2.75, 3.05) is 26.2 Å². The average Bonchev–Trinajstić information content (AvgIpc) is 2.82. The number of carbonyl (C=O) groups is 1. The highest BCUT2D eigenvalue weighted by Gasteiger charge is 2.17. The Kier molecular flexibility index (Phi) is 3.41. The van der Waals surface area contributed by atoms with E-state index in [2.05, 4.69) is 5.32 Å². The predicted molar refractivity (Wildman–Crippen MR) is 61.8 cm³/mol. The molecule has 1 saturated heterocycles. The Hall–Kier alpha value is -1.55. The zero-order valence-corrected chi connectivity index (χ0v) is 9.40. The zero-order chi connectivity index (χ0) is 11.4. The van der Waals surface area contributed by atoms with Gasteiger partial charge in [0.05, 0.1) is 6.26 Å². The summed E-state index contributed by atoms with van der Waals surface area (Å²) < 4.78 is 5.18. The van der Waals surface area contributed by atoms with Crippen molar-refractivity contribution >= 4 is 12.0 Å². The van der Waals surface area contributed by atoms with Gasteiger partial charge in [0.15, 0.2) is 0 Å². The third kappa shape index (κ3) is 2.52. The fraction of sp³-hybridized carbons (Fsp3) is 0.417. The van der Waals surface area contributed by atoms with Gasteiger partial charge in [-0.15, -0.1) is 0 Å². The fourth-order valence-electron chi connectivity index (χ4n) is 1.77. The molecule has 1 fully saturated rings. The monoisotopic (exact) mass is 220 g/mol. The molecule has 86 valence electrons. The van der Waals surface area contributed by atoms with Gasteiger partial charge < -0.3 is 14.6 Å². The lowest BCUT2D eigenvalue weighted by Gasteiger charge is -2.27. The van der Waals surface area contributed by atoms with Crippen LogP contribution >= 0.6 is 0 Å². The smallest absolute Gasteiger partial charge is 0.249 e. The summed E-state index contributed by atoms with van der Waals surface area (Å²) in [5.74, 6) is 0.818. The predicted octanol–water partition coefficient (Wildman–Crippen LogP) is 1.11. The SMILES string of the molecule is CC(=Cc1ccco1)C(=O)N1CCNCC1. The summed E-state index contributed by atoms with van der Waals surface area (Å²) in [5.41, 5.74) is 0.719. The first-order valence-corrected chi connectivity index (χ1v) is 5.49. The molecule has 1 aliphatic heterocycles. The van der Waals surface area contributed by atoms with E-state index in [1.807, 2.05) is 24.0 Å². The molecular weight excluding hydrogens is 204 g/mol. The number of nitrogens with one attached hydrogen (secondary N) is 1. The second kappa shape index (κ2) is 4.99. The van der Waals surface area contributed by atoms with Gasteiger partial charge in [-0.1, -0.05) is 0 Å². The maximum absolute atomic E-state index is 12.0. The number of piperazine rings is 1. The summed E-state index contributed by atoms with van der Waals surface area (Å²) in [6.45, 7) is 5.14. The first-order chi connectivity index (χ1) is 7.77. The highest BCUT2D eigenvalue weighted by molar-refractivity contribution is 5.97. The van der Waals surface area contributed by atoms with E-state index in [1.54, 1.807) is 12.3 Å². The van der Waals surface area contributed by atoms with Crippen molar-refractivity contribution in [1.29, 1.82) is 0 Å². The van der Waals surface area contributed by atoms with Crippen LogP contribution in [0.25, 0.3) is 6.08 Å². The van der Waals surface area contributed by atoms with Crippen LogP contribution in [-0.2, 0) is 4.79 Å². The summed E-state index contributed by atoms with van der Waals surface area (Å²) in [4.78, 5) is 13.9. The van der Waals surface area contributed by atoms with Crippen LogP contribution in [0.1, 0.15) is 12.7 Å². The molecule has 2 rings (SSSR count). The summed E-state index contributed by atoms with van der Waals surface area (Å²) in [6.07, 6.45) is 3.39. The standard InChI is InChI=1S/C12H16N2O2/c1-10(9-11-3-2-8-16-11)12(15)14-6-4-13-5-7-14/h2-3,8-9,13H,4-7H2,1H3. The lowest BCUT2D eigenvalue weighted by molar-refractivity contribution is -0.127. The van der Waals surface area contributed by atoms with Gasteiger partial charge in [-0.25, -0.2) is 0 Å². The second-order valence-electron chi connectivity index (χ2n) is 3.88. The van der Waals surface area contributed by atoms with Crippen LogP contribution in [0.3, 0.4) is 0 Å². The Morgan fingerprint density at radius 1 is 1.50 bits per heavy atom. The van der Waals surface area contributed by atoms with Crippen LogP contribution in [0.2, 0.25) is 0 Å². The molecule has 16 heavy (non-hydrogen) atoms. The van der Waals surface area contributed by atoms with Gasteiger partial charge >= 0.3 is 0 Å². The first kappa shape index (κ1) is 11.0. The minimum Gasteiger partial charge on any atom is -0.465 e. The zero-order valence-electron chi connectivity index (χ0n) is 9.40. The largest absolute Gasteiger partial charge is 0.465 e. The van der Waals surface area contributed by atoms with E-state index in [4.69, 9.17) is 4.42 Å². The number of hydrogen-bond acceptors (Lipinski definition) is 3. The molecular formula is C12H16N2O2. The number of furan rings is 1. The molecule has 0 aliphatic carbocycles. The molecule has 1 amide bonds. The number of nitrogens with zero attached hydrogens (tertiary/aromatic N) is 1. The Morgan fingerprint density at radius 3 is 2.88 bits per heavy atom. The van der Waals surface area contributed by atoms with Crippen molar-refractivity contribution in [3.63, 3.8) is 0 Å². The first-order valence-electron chi connectivity index (χ1n) is 5.49. The van der Waals surface area contributed by atoms with Crippen molar-refractivity contribution < 1.29 is 9.21 Å². The second-order valence-corrected chi connectivity index (χ2v) is 3.88. The number of amides is 1. The van der Waals surface area contributed by atoms with Gasteiger partial charge in [0.1, 0.15) is 5.76 Å². The summed E-state index contributed by atoms with van der Waals surface area (Å²) in [6, 6.07) is 3.66. The van der Waals surface area contributed by atoms with Crippen molar-refractivity contribution in [2.45, 2.75) is 6.92 Å². The minimum absolute atomic E-state index is 0.0953. The quantitative estimate of drug-likeness (QED) is 0.759. The van der Waals surface area contributed by atoms with Gasteiger partial charge in [0.25, 0.3) is 0 Å². The summed E-state index contributed by atoms with van der Waals surface area (Å²) >= 11 is 0. The maximum Gasteiger partial charge on any atom is 0.249 e. The maximum atomic E-state index is 12.0. The lowest BCUT2D eigenvalue weighted by Crippen LogP contribution is -2.46. The highest BCUT2D eigenvalue weighted by atomic mass is 16.3. The van der Waals surface area contributed by atoms with Crippen LogP contribution in [0.15, 0.2) is 28.4 Å². The molecule has 1 N–H and O–H groups in total. The number of hydrogen-bond donors (Lipinski definition) is 1. The van der Waals surface area contributed by atoms with Gasteiger partial charge in [-0.2, -0.15) is 0 Å². The van der Waals surface area contributed by atoms with Crippen LogP contribution < -0.4 is 5.32 Å². The van der Waals surface area contributed by atoms with E-state index in [1.165, 1.54) is 0 Å². The Bertz CT molecular complexity index is 376. The number of carbonyl (C=O) groups excluding carboxylic acids is 1. The lowest BCUT2D eigenvalue weighted by atomic mass is 10.2. The van der Waals surface area contributed by atoms with E-state index in [0.717, 1.165) is 37.5 Å². The van der Waals surface area contributed by atoms with E-state index in [-0.39, 0.29) is 5.91 Å². The molecule has 0 bridgehead atoms. The van der Waals surface area contributed by atoms with Crippen molar-refractivity contribution in [2.24, 2.45) is 0 Å². The Morgan fingerprint density at radius 2 is 2.25 bits per heavy atom. The third-order valence-corrected chi connectivity index (χ3v) is 2.64. The highest BCUT2D eigenvalue weighted by Crippen LogP contribution is 2.10. The van der Waals surface area contributed by atoms with Crippen LogP contribution in [0, 0.1) is 0 Å². The van der Waals surface area contributed by atoms with Gasteiger partial charge in [-0.3, -0.25) is 4.79 Å². The Labute approximate surface area is 94.9 Å². The van der Waals surface area contributed by atoms with Crippen molar-refractivity contribution in [1.82, 2.24) is 10.2 Å². The molecule has 4 nitrogen and oxygen atoms in total. The normalized spacial score (nSPS) is 17.6. The molecule has 0 radical (unpaired) electrons. The summed E-state index contributed by atoms with van der Waals surface area (Å²) in [5, 5.41) is 3.22. The molecule has 2 heterocycles. The van der Waals surface area contributed by atoms with Gasteiger partial charge in [0, 0.05) is 31.8 Å². The molecule has 0 saturated carbocycles. The number of rotatable bonds is 2. The molecule has 1 aliphatic rings. The topological polar surface area (TPSA) is 45.5 Å². The Balaban J connectivity index is 2.03. The van der Waals surface area contributed by atoms with Crippen LogP contribution in [0.4, 0.5) is 0 Å². The van der Waals surface area contributed by atoms with Gasteiger partial charge in [0.2, 0.25) is 5.91 Å². The van der Waals surface area contributed by atoms with E-state index in [9.17, 15) is 4.79 Å². The van der Waals surface area contributed by atoms with Crippen molar-refractivity contribution in [3.05, 3.63) is 29.7 Å². The van der Waals surface area contributed by atoms with Crippen LogP contribution in [0.5, 0.6) is 0 Å². The van der Waals surface area contributed by atoms with E-state index in [0.29, 0.717) is 0 Å². The average molecular weight is 220 g/mol. The van der Waals surface area contributed by atoms with E-state index >= 15 is 0 Å². The molecule has 1 aromatic rings. The molecule has 0 unspecified atom stereocenters. The fourth-order valence-corrected chi connectivity index (χ4v) is 1.77. The van der Waals surface area contributed by atoms with Gasteiger partial charge in [-0.05, 0) is 25.1 Å². The van der Waals surface area contributed by atoms with Crippen LogP contribution in [-0.4, -0.2) is 37.0 Å². The molecule has 4 heteroatoms. The molecule has 0 aromatic carbocycles. The molecule has 0 atom stereocenters. The molecule has 0 spiro atoms. The minimum atomic E-state index is 0.0953. The summed E-state index contributed by atoms with van der Waals surface area (Å²) in [7, 11) is 0. The molecule has 1 aromatic heterocycles. The third-order valence-electron chi connectivity index (χ3n) is 2.64.